The summed E-state index contributed by atoms with van der Waals surface area (Å²) in [5, 5.41) is 2.98. The Labute approximate surface area is 181 Å². The van der Waals surface area contributed by atoms with Crippen LogP contribution < -0.4 is 5.32 Å². The van der Waals surface area contributed by atoms with Crippen LogP contribution in [0.25, 0.3) is 11.0 Å². The topological polar surface area (TPSA) is 67.3 Å². The van der Waals surface area contributed by atoms with Crippen molar-refractivity contribution in [3.8, 4) is 0 Å². The Morgan fingerprint density at radius 1 is 1.17 bits per heavy atom. The summed E-state index contributed by atoms with van der Waals surface area (Å²) in [7, 11) is 0. The number of hydrogen-bond acceptors (Lipinski definition) is 5. The highest BCUT2D eigenvalue weighted by Gasteiger charge is 2.29. The van der Waals surface area contributed by atoms with Gasteiger partial charge in [0.2, 0.25) is 0 Å². The lowest BCUT2D eigenvalue weighted by molar-refractivity contribution is -0.0740. The normalized spacial score (nSPS) is 12.5. The summed E-state index contributed by atoms with van der Waals surface area (Å²) in [5.74, 6) is -0.195. The molecule has 0 fully saturated rings. The van der Waals surface area contributed by atoms with Crippen LogP contribution in [-0.4, -0.2) is 58.2 Å². The molecular weight excluding hydrogens is 376 g/mol. The van der Waals surface area contributed by atoms with Crippen LogP contribution in [-0.2, 0) is 4.74 Å². The highest BCUT2D eigenvalue weighted by Crippen LogP contribution is 2.22. The molecule has 0 bridgehead atoms. The molecule has 0 aliphatic heterocycles. The van der Waals surface area contributed by atoms with Gasteiger partial charge >= 0.3 is 0 Å². The first-order chi connectivity index (χ1) is 14.1. The highest BCUT2D eigenvalue weighted by atomic mass is 16.5. The van der Waals surface area contributed by atoms with Gasteiger partial charge in [-0.2, -0.15) is 0 Å². The smallest absolute Gasteiger partial charge is 0.271 e. The number of benzene rings is 1. The zero-order valence-electron chi connectivity index (χ0n) is 19.7. The summed E-state index contributed by atoms with van der Waals surface area (Å²) in [6.45, 7) is 17.8. The number of rotatable bonds is 11. The van der Waals surface area contributed by atoms with E-state index in [1.807, 2.05) is 25.1 Å². The van der Waals surface area contributed by atoms with Crippen molar-refractivity contribution < 1.29 is 9.53 Å². The lowest BCUT2D eigenvalue weighted by Crippen LogP contribution is -2.51. The van der Waals surface area contributed by atoms with Gasteiger partial charge in [0.15, 0.2) is 0 Å². The molecule has 0 saturated carbocycles. The Morgan fingerprint density at radius 2 is 1.90 bits per heavy atom. The minimum Gasteiger partial charge on any atom is -0.374 e. The molecule has 166 valence electrons. The molecule has 1 amide bonds. The molecule has 1 aromatic carbocycles. The number of hydrogen-bond donors (Lipinski definition) is 1. The molecule has 6 heteroatoms. The molecule has 0 aliphatic carbocycles. The van der Waals surface area contributed by atoms with E-state index in [2.05, 4.69) is 61.7 Å². The van der Waals surface area contributed by atoms with Crippen LogP contribution in [0.5, 0.6) is 0 Å². The maximum Gasteiger partial charge on any atom is 0.271 e. The standard InChI is InChI=1S/C24H38N4O2/c1-8-12-24(6,7)30-17-23(4,5)28(9-2)14-13-25-22(29)21-16-26-20-15-18(3)10-11-19(20)27-21/h10-11,15-16H,8-9,12-14,17H2,1-7H3,(H,25,29). The Kier molecular flexibility index (Phi) is 8.33. The molecule has 0 unspecified atom stereocenters. The van der Waals surface area contributed by atoms with Crippen molar-refractivity contribution in [1.29, 1.82) is 0 Å². The van der Waals surface area contributed by atoms with Crippen LogP contribution in [0.1, 0.15) is 70.4 Å². The first-order valence-electron chi connectivity index (χ1n) is 11.0. The number of fused-ring (bicyclic) bond motifs is 1. The van der Waals surface area contributed by atoms with Crippen LogP contribution >= 0.6 is 0 Å². The zero-order chi connectivity index (χ0) is 22.4. The molecule has 1 heterocycles. The number of nitrogens with one attached hydrogen (secondary N) is 1. The Hall–Kier alpha value is -2.05. The first-order valence-corrected chi connectivity index (χ1v) is 11.0. The molecule has 0 radical (unpaired) electrons. The summed E-state index contributed by atoms with van der Waals surface area (Å²) in [6.07, 6.45) is 3.69. The van der Waals surface area contributed by atoms with Crippen molar-refractivity contribution in [1.82, 2.24) is 20.2 Å². The minimum absolute atomic E-state index is 0.118. The second-order valence-corrected chi connectivity index (χ2v) is 9.19. The Balaban J connectivity index is 1.91. The van der Waals surface area contributed by atoms with E-state index in [0.29, 0.717) is 18.8 Å². The average Bonchev–Trinajstić information content (AvgIpc) is 2.69. The van der Waals surface area contributed by atoms with E-state index in [1.165, 1.54) is 0 Å². The van der Waals surface area contributed by atoms with Crippen LogP contribution in [0.15, 0.2) is 24.4 Å². The van der Waals surface area contributed by atoms with Gasteiger partial charge in [0.05, 0.1) is 29.4 Å². The number of carbonyl (C=O) groups excluding carboxylic acids is 1. The molecule has 0 atom stereocenters. The van der Waals surface area contributed by atoms with E-state index in [9.17, 15) is 4.79 Å². The number of aromatic nitrogens is 2. The van der Waals surface area contributed by atoms with E-state index in [0.717, 1.165) is 42.5 Å². The van der Waals surface area contributed by atoms with Crippen LogP contribution in [0.3, 0.4) is 0 Å². The molecule has 1 N–H and O–H groups in total. The zero-order valence-corrected chi connectivity index (χ0v) is 19.7. The van der Waals surface area contributed by atoms with Gasteiger partial charge in [-0.05, 0) is 65.3 Å². The number of amides is 1. The van der Waals surface area contributed by atoms with Gasteiger partial charge in [-0.1, -0.05) is 26.3 Å². The Morgan fingerprint density at radius 3 is 2.57 bits per heavy atom. The second-order valence-electron chi connectivity index (χ2n) is 9.19. The number of carbonyl (C=O) groups is 1. The van der Waals surface area contributed by atoms with Gasteiger partial charge in [-0.15, -0.1) is 0 Å². The molecule has 1 aromatic heterocycles. The average molecular weight is 415 g/mol. The molecule has 2 aromatic rings. The summed E-state index contributed by atoms with van der Waals surface area (Å²) in [4.78, 5) is 23.7. The molecule has 0 saturated heterocycles. The minimum atomic E-state index is -0.195. The summed E-state index contributed by atoms with van der Waals surface area (Å²) in [5.41, 5.74) is 2.77. The van der Waals surface area contributed by atoms with Crippen molar-refractivity contribution in [2.24, 2.45) is 0 Å². The van der Waals surface area contributed by atoms with Gasteiger partial charge in [0, 0.05) is 18.6 Å². The van der Waals surface area contributed by atoms with Crippen LogP contribution in [0, 0.1) is 6.92 Å². The van der Waals surface area contributed by atoms with Gasteiger partial charge in [0.1, 0.15) is 5.69 Å². The summed E-state index contributed by atoms with van der Waals surface area (Å²) in [6, 6.07) is 5.84. The van der Waals surface area contributed by atoms with Gasteiger partial charge in [-0.3, -0.25) is 14.7 Å². The van der Waals surface area contributed by atoms with E-state index in [1.54, 1.807) is 6.20 Å². The third-order valence-corrected chi connectivity index (χ3v) is 5.50. The monoisotopic (exact) mass is 414 g/mol. The van der Waals surface area contributed by atoms with E-state index in [4.69, 9.17) is 4.74 Å². The molecule has 2 rings (SSSR count). The second kappa shape index (κ2) is 10.3. The van der Waals surface area contributed by atoms with Crippen LogP contribution in [0.2, 0.25) is 0 Å². The predicted molar refractivity (Wildman–Crippen MR) is 123 cm³/mol. The van der Waals surface area contributed by atoms with Crippen LogP contribution in [0.4, 0.5) is 0 Å². The largest absolute Gasteiger partial charge is 0.374 e. The van der Waals surface area contributed by atoms with Gasteiger partial charge in [0.25, 0.3) is 5.91 Å². The summed E-state index contributed by atoms with van der Waals surface area (Å²) >= 11 is 0. The maximum atomic E-state index is 12.5. The molecule has 0 spiro atoms. The van der Waals surface area contributed by atoms with Crippen molar-refractivity contribution >= 4 is 16.9 Å². The highest BCUT2D eigenvalue weighted by molar-refractivity contribution is 5.93. The lowest BCUT2D eigenvalue weighted by Gasteiger charge is -2.40. The summed E-state index contributed by atoms with van der Waals surface area (Å²) < 4.78 is 6.22. The fourth-order valence-electron chi connectivity index (χ4n) is 3.65. The maximum absolute atomic E-state index is 12.5. The first kappa shape index (κ1) is 24.2. The number of aryl methyl sites for hydroxylation is 1. The van der Waals surface area contributed by atoms with Crippen molar-refractivity contribution in [3.05, 3.63) is 35.7 Å². The third-order valence-electron chi connectivity index (χ3n) is 5.50. The van der Waals surface area contributed by atoms with Crippen molar-refractivity contribution in [2.75, 3.05) is 26.2 Å². The van der Waals surface area contributed by atoms with E-state index in [-0.39, 0.29) is 17.0 Å². The predicted octanol–water partition coefficient (Wildman–Crippen LogP) is 4.36. The third kappa shape index (κ3) is 6.74. The SMILES string of the molecule is CCCC(C)(C)OCC(C)(C)N(CC)CCNC(=O)c1cnc2cc(C)ccc2n1. The lowest BCUT2D eigenvalue weighted by atomic mass is 10.0. The van der Waals surface area contributed by atoms with E-state index < -0.39 is 0 Å². The molecule has 6 nitrogen and oxygen atoms in total. The number of nitrogens with zero attached hydrogens (tertiary/aromatic N) is 3. The molecule has 30 heavy (non-hydrogen) atoms. The number of ether oxygens (including phenoxy) is 1. The Bertz CT molecular complexity index is 848. The van der Waals surface area contributed by atoms with Gasteiger partial charge in [-0.25, -0.2) is 4.98 Å². The number of likely N-dealkylation sites (N-methyl/N-ethyl adjacent to an activating group) is 1. The quantitative estimate of drug-likeness (QED) is 0.592. The van der Waals surface area contributed by atoms with Gasteiger partial charge < -0.3 is 10.1 Å². The van der Waals surface area contributed by atoms with Crippen molar-refractivity contribution in [2.45, 2.75) is 72.4 Å². The fourth-order valence-corrected chi connectivity index (χ4v) is 3.65. The van der Waals surface area contributed by atoms with E-state index >= 15 is 0 Å². The fraction of sp³-hybridized carbons (Fsp3) is 0.625. The molecular formula is C24H38N4O2. The van der Waals surface area contributed by atoms with Crippen molar-refractivity contribution in [3.63, 3.8) is 0 Å². The molecule has 0 aliphatic rings.